The van der Waals surface area contributed by atoms with Gasteiger partial charge >= 0.3 is 0 Å². The SMILES string of the molecule is O=C(NC1CCCCC1)[C@@H](c1ccccc1Cl)N(C(=O)C1CCS(=O)(=O)N1c1ncccn1)c1cccc(F)c1. The van der Waals surface area contributed by atoms with Gasteiger partial charge < -0.3 is 5.32 Å². The van der Waals surface area contributed by atoms with Gasteiger partial charge in [0.2, 0.25) is 21.9 Å². The molecule has 1 aliphatic heterocycles. The number of rotatable bonds is 7. The summed E-state index contributed by atoms with van der Waals surface area (Å²) in [5.41, 5.74) is 0.422. The predicted octanol–water partition coefficient (Wildman–Crippen LogP) is 4.40. The van der Waals surface area contributed by atoms with Crippen LogP contribution in [0, 0.1) is 5.82 Å². The van der Waals surface area contributed by atoms with E-state index in [0.29, 0.717) is 5.56 Å². The number of anilines is 2. The number of sulfonamides is 1. The van der Waals surface area contributed by atoms with Crippen LogP contribution in [0.15, 0.2) is 67.0 Å². The fourth-order valence-electron chi connectivity index (χ4n) is 5.37. The normalized spacial score (nSPS) is 19.6. The minimum absolute atomic E-state index is 0.0648. The van der Waals surface area contributed by atoms with Crippen molar-refractivity contribution in [2.45, 2.75) is 56.7 Å². The van der Waals surface area contributed by atoms with Crippen LogP contribution in [0.2, 0.25) is 5.02 Å². The first-order chi connectivity index (χ1) is 19.3. The highest BCUT2D eigenvalue weighted by Crippen LogP contribution is 2.36. The third kappa shape index (κ3) is 5.80. The second-order valence-electron chi connectivity index (χ2n) is 9.92. The van der Waals surface area contributed by atoms with E-state index in [1.165, 1.54) is 36.7 Å². The monoisotopic (exact) mass is 585 g/mol. The third-order valence-electron chi connectivity index (χ3n) is 7.25. The van der Waals surface area contributed by atoms with E-state index in [1.807, 2.05) is 0 Å². The first-order valence-electron chi connectivity index (χ1n) is 13.2. The molecular weight excluding hydrogens is 557 g/mol. The molecule has 12 heteroatoms. The van der Waals surface area contributed by atoms with Gasteiger partial charge in [-0.2, -0.15) is 0 Å². The molecule has 3 aromatic rings. The number of carbonyl (C=O) groups excluding carboxylic acids is 2. The Morgan fingerprint density at radius 1 is 1.00 bits per heavy atom. The summed E-state index contributed by atoms with van der Waals surface area (Å²) in [6.07, 6.45) is 7.33. The van der Waals surface area contributed by atoms with Crippen molar-refractivity contribution in [3.05, 3.63) is 83.4 Å². The maximum atomic E-state index is 14.6. The lowest BCUT2D eigenvalue weighted by atomic mass is 9.94. The lowest BCUT2D eigenvalue weighted by Crippen LogP contribution is -2.53. The Balaban J connectivity index is 1.63. The standard InChI is InChI=1S/C28H29ClFN5O4S/c29-23-13-5-4-12-22(23)25(26(36)33-20-9-2-1-3-10-20)34(21-11-6-8-19(30)18-21)27(37)24-14-17-40(38,39)35(24)28-31-15-7-16-32-28/h4-8,11-13,15-16,18,20,24-25H,1-3,9-10,14,17H2,(H,33,36)/t24?,25-/m1/s1. The van der Waals surface area contributed by atoms with E-state index in [2.05, 4.69) is 15.3 Å². The van der Waals surface area contributed by atoms with Gasteiger partial charge in [-0.1, -0.05) is 55.1 Å². The van der Waals surface area contributed by atoms with Gasteiger partial charge in [0, 0.05) is 34.7 Å². The van der Waals surface area contributed by atoms with Crippen molar-refractivity contribution in [1.82, 2.24) is 15.3 Å². The Hall–Kier alpha value is -3.57. The molecule has 40 heavy (non-hydrogen) atoms. The molecule has 0 bridgehead atoms. The molecule has 2 aliphatic rings. The molecule has 0 spiro atoms. The molecule has 2 atom stereocenters. The van der Waals surface area contributed by atoms with Crippen LogP contribution in [-0.2, 0) is 19.6 Å². The highest BCUT2D eigenvalue weighted by Gasteiger charge is 2.47. The van der Waals surface area contributed by atoms with Crippen LogP contribution in [0.25, 0.3) is 0 Å². The van der Waals surface area contributed by atoms with Gasteiger partial charge in [0.1, 0.15) is 17.9 Å². The van der Waals surface area contributed by atoms with E-state index in [9.17, 15) is 22.4 Å². The van der Waals surface area contributed by atoms with Crippen LogP contribution >= 0.6 is 11.6 Å². The molecular formula is C28H29ClFN5O4S. The zero-order chi connectivity index (χ0) is 28.3. The maximum absolute atomic E-state index is 14.6. The van der Waals surface area contributed by atoms with Crippen molar-refractivity contribution >= 4 is 45.1 Å². The molecule has 1 N–H and O–H groups in total. The minimum atomic E-state index is -3.94. The van der Waals surface area contributed by atoms with Crippen LogP contribution in [-0.4, -0.2) is 48.0 Å². The van der Waals surface area contributed by atoms with Crippen molar-refractivity contribution in [3.63, 3.8) is 0 Å². The van der Waals surface area contributed by atoms with E-state index < -0.39 is 39.7 Å². The molecule has 1 unspecified atom stereocenters. The van der Waals surface area contributed by atoms with Crippen LogP contribution in [0.4, 0.5) is 16.0 Å². The molecule has 1 aromatic heterocycles. The Morgan fingerprint density at radius 3 is 2.42 bits per heavy atom. The molecule has 5 rings (SSSR count). The topological polar surface area (TPSA) is 113 Å². The van der Waals surface area contributed by atoms with Crippen molar-refractivity contribution in [2.24, 2.45) is 0 Å². The summed E-state index contributed by atoms with van der Waals surface area (Å²) in [6.45, 7) is 0. The van der Waals surface area contributed by atoms with Gasteiger partial charge in [-0.3, -0.25) is 14.5 Å². The van der Waals surface area contributed by atoms with Gasteiger partial charge in [-0.15, -0.1) is 0 Å². The predicted molar refractivity (Wildman–Crippen MR) is 150 cm³/mol. The van der Waals surface area contributed by atoms with E-state index in [-0.39, 0.29) is 34.9 Å². The molecule has 0 radical (unpaired) electrons. The molecule has 9 nitrogen and oxygen atoms in total. The van der Waals surface area contributed by atoms with Gasteiger partial charge in [0.25, 0.3) is 5.91 Å². The number of benzene rings is 2. The fraction of sp³-hybridized carbons (Fsp3) is 0.357. The van der Waals surface area contributed by atoms with E-state index >= 15 is 0 Å². The number of nitrogens with zero attached hydrogens (tertiary/aromatic N) is 4. The molecule has 1 saturated heterocycles. The average Bonchev–Trinajstić information content (AvgIpc) is 3.27. The number of hydrogen-bond acceptors (Lipinski definition) is 6. The smallest absolute Gasteiger partial charge is 0.252 e. The van der Waals surface area contributed by atoms with Crippen molar-refractivity contribution < 1.29 is 22.4 Å². The quantitative estimate of drug-likeness (QED) is 0.440. The molecule has 2 heterocycles. The second-order valence-corrected chi connectivity index (χ2v) is 12.3. The van der Waals surface area contributed by atoms with Crippen LogP contribution in [0.5, 0.6) is 0 Å². The maximum Gasteiger partial charge on any atom is 0.252 e. The number of hydrogen-bond donors (Lipinski definition) is 1. The number of carbonyl (C=O) groups is 2. The molecule has 2 amide bonds. The van der Waals surface area contributed by atoms with Crippen molar-refractivity contribution in [1.29, 1.82) is 0 Å². The first-order valence-corrected chi connectivity index (χ1v) is 15.2. The van der Waals surface area contributed by atoms with Crippen LogP contribution in [0.1, 0.15) is 50.1 Å². The van der Waals surface area contributed by atoms with Gasteiger partial charge in [0.15, 0.2) is 0 Å². The van der Waals surface area contributed by atoms with Crippen LogP contribution < -0.4 is 14.5 Å². The molecule has 2 aromatic carbocycles. The molecule has 210 valence electrons. The van der Waals surface area contributed by atoms with Gasteiger partial charge in [-0.25, -0.2) is 27.1 Å². The Bertz CT molecular complexity index is 1490. The Morgan fingerprint density at radius 2 is 1.73 bits per heavy atom. The zero-order valence-electron chi connectivity index (χ0n) is 21.6. The lowest BCUT2D eigenvalue weighted by molar-refractivity contribution is -0.127. The van der Waals surface area contributed by atoms with E-state index in [4.69, 9.17) is 11.6 Å². The summed E-state index contributed by atoms with van der Waals surface area (Å²) in [6, 6.07) is 10.8. The first kappa shape index (κ1) is 28.0. The highest BCUT2D eigenvalue weighted by molar-refractivity contribution is 7.93. The summed E-state index contributed by atoms with van der Waals surface area (Å²) in [5, 5.41) is 3.31. The fourth-order valence-corrected chi connectivity index (χ4v) is 7.26. The second kappa shape index (κ2) is 11.9. The summed E-state index contributed by atoms with van der Waals surface area (Å²) in [5.74, 6) is -2.30. The molecule has 2 fully saturated rings. The molecule has 1 aliphatic carbocycles. The summed E-state index contributed by atoms with van der Waals surface area (Å²) >= 11 is 6.58. The lowest BCUT2D eigenvalue weighted by Gasteiger charge is -2.36. The van der Waals surface area contributed by atoms with E-state index in [1.54, 1.807) is 24.3 Å². The van der Waals surface area contributed by atoms with Crippen molar-refractivity contribution in [2.75, 3.05) is 15.0 Å². The Kier molecular flexibility index (Phi) is 8.32. The van der Waals surface area contributed by atoms with Gasteiger partial charge in [-0.05, 0) is 49.6 Å². The molecule has 1 saturated carbocycles. The summed E-state index contributed by atoms with van der Waals surface area (Å²) in [7, 11) is -3.94. The number of amides is 2. The minimum Gasteiger partial charge on any atom is -0.351 e. The van der Waals surface area contributed by atoms with Crippen molar-refractivity contribution in [3.8, 4) is 0 Å². The third-order valence-corrected chi connectivity index (χ3v) is 9.36. The number of nitrogens with one attached hydrogen (secondary N) is 1. The summed E-state index contributed by atoms with van der Waals surface area (Å²) in [4.78, 5) is 37.8. The Labute approximate surface area is 237 Å². The average molecular weight is 586 g/mol. The van der Waals surface area contributed by atoms with Crippen LogP contribution in [0.3, 0.4) is 0 Å². The summed E-state index contributed by atoms with van der Waals surface area (Å²) < 4.78 is 41.6. The largest absolute Gasteiger partial charge is 0.351 e. The van der Waals surface area contributed by atoms with E-state index in [0.717, 1.165) is 47.4 Å². The highest BCUT2D eigenvalue weighted by atomic mass is 35.5. The number of halogens is 2. The van der Waals surface area contributed by atoms with Gasteiger partial charge in [0.05, 0.1) is 5.75 Å². The zero-order valence-corrected chi connectivity index (χ0v) is 23.2. The number of aromatic nitrogens is 2.